The molecule has 0 atom stereocenters. The summed E-state index contributed by atoms with van der Waals surface area (Å²) in [6.07, 6.45) is 1.65. The zero-order valence-electron chi connectivity index (χ0n) is 13.0. The number of amides is 1. The number of rotatable bonds is 5. The van der Waals surface area contributed by atoms with Gasteiger partial charge in [-0.1, -0.05) is 12.1 Å². The van der Waals surface area contributed by atoms with Crippen LogP contribution in [-0.2, 0) is 10.0 Å². The van der Waals surface area contributed by atoms with Gasteiger partial charge in [0.2, 0.25) is 10.0 Å². The minimum Gasteiger partial charge on any atom is -0.319 e. The summed E-state index contributed by atoms with van der Waals surface area (Å²) in [6, 6.07) is 10.1. The fourth-order valence-corrected chi connectivity index (χ4v) is 3.56. The number of anilines is 1. The molecular formula is C17H17FN2O3S. The van der Waals surface area contributed by atoms with Crippen LogP contribution in [0, 0.1) is 12.7 Å². The predicted molar refractivity (Wildman–Crippen MR) is 88.9 cm³/mol. The zero-order chi connectivity index (χ0) is 17.3. The Morgan fingerprint density at radius 3 is 2.58 bits per heavy atom. The maximum absolute atomic E-state index is 13.8. The second-order valence-corrected chi connectivity index (χ2v) is 7.57. The average Bonchev–Trinajstić information content (AvgIpc) is 3.33. The number of benzene rings is 2. The molecule has 0 spiro atoms. The second kappa shape index (κ2) is 6.33. The van der Waals surface area contributed by atoms with Gasteiger partial charge in [-0.2, -0.15) is 0 Å². The summed E-state index contributed by atoms with van der Waals surface area (Å²) < 4.78 is 40.8. The van der Waals surface area contributed by atoms with Crippen molar-refractivity contribution in [3.05, 3.63) is 59.4 Å². The molecule has 0 aromatic heterocycles. The van der Waals surface area contributed by atoms with E-state index in [0.717, 1.165) is 18.4 Å². The van der Waals surface area contributed by atoms with Crippen LogP contribution in [0.3, 0.4) is 0 Å². The molecule has 0 bridgehead atoms. The Labute approximate surface area is 139 Å². The Morgan fingerprint density at radius 2 is 1.92 bits per heavy atom. The number of hydrogen-bond donors (Lipinski definition) is 2. The molecule has 0 heterocycles. The molecule has 5 nitrogen and oxygen atoms in total. The highest BCUT2D eigenvalue weighted by Crippen LogP contribution is 2.23. The molecule has 24 heavy (non-hydrogen) atoms. The maximum Gasteiger partial charge on any atom is 0.255 e. The highest BCUT2D eigenvalue weighted by Gasteiger charge is 2.28. The Balaban J connectivity index is 1.81. The molecule has 7 heteroatoms. The van der Waals surface area contributed by atoms with Crippen molar-refractivity contribution in [2.75, 3.05) is 5.32 Å². The molecule has 2 aromatic rings. The quantitative estimate of drug-likeness (QED) is 0.872. The van der Waals surface area contributed by atoms with Gasteiger partial charge in [0.1, 0.15) is 5.82 Å². The molecule has 1 amide bonds. The van der Waals surface area contributed by atoms with Crippen LogP contribution in [0.15, 0.2) is 47.4 Å². The van der Waals surface area contributed by atoms with Crippen molar-refractivity contribution in [3.63, 3.8) is 0 Å². The van der Waals surface area contributed by atoms with Crippen LogP contribution in [0.2, 0.25) is 0 Å². The van der Waals surface area contributed by atoms with Crippen molar-refractivity contribution in [1.82, 2.24) is 4.72 Å². The number of nitrogens with one attached hydrogen (secondary N) is 2. The summed E-state index contributed by atoms with van der Waals surface area (Å²) in [7, 11) is -3.64. The minimum absolute atomic E-state index is 0.0193. The zero-order valence-corrected chi connectivity index (χ0v) is 13.9. The highest BCUT2D eigenvalue weighted by atomic mass is 32.2. The minimum atomic E-state index is -3.64. The van der Waals surface area contributed by atoms with Crippen LogP contribution >= 0.6 is 0 Å². The fourth-order valence-electron chi connectivity index (χ4n) is 2.21. The van der Waals surface area contributed by atoms with E-state index in [1.54, 1.807) is 13.0 Å². The van der Waals surface area contributed by atoms with E-state index in [-0.39, 0.29) is 22.2 Å². The first-order valence-corrected chi connectivity index (χ1v) is 9.03. The number of halogens is 1. The molecule has 0 saturated heterocycles. The van der Waals surface area contributed by atoms with Crippen molar-refractivity contribution < 1.29 is 17.6 Å². The van der Waals surface area contributed by atoms with Crippen LogP contribution in [0.1, 0.15) is 28.8 Å². The van der Waals surface area contributed by atoms with E-state index < -0.39 is 21.7 Å². The number of carbonyl (C=O) groups is 1. The summed E-state index contributed by atoms with van der Waals surface area (Å²) in [5.74, 6) is -1.11. The topological polar surface area (TPSA) is 75.3 Å². The summed E-state index contributed by atoms with van der Waals surface area (Å²) >= 11 is 0. The lowest BCUT2D eigenvalue weighted by atomic mass is 10.2. The van der Waals surface area contributed by atoms with Gasteiger partial charge in [-0.25, -0.2) is 17.5 Å². The number of carbonyl (C=O) groups excluding carboxylic acids is 1. The van der Waals surface area contributed by atoms with Gasteiger partial charge in [0.25, 0.3) is 5.91 Å². The van der Waals surface area contributed by atoms with E-state index in [0.29, 0.717) is 0 Å². The first kappa shape index (κ1) is 16.6. The van der Waals surface area contributed by atoms with Gasteiger partial charge < -0.3 is 5.32 Å². The van der Waals surface area contributed by atoms with E-state index in [2.05, 4.69) is 10.0 Å². The molecule has 126 valence electrons. The molecule has 1 saturated carbocycles. The largest absolute Gasteiger partial charge is 0.319 e. The first-order valence-electron chi connectivity index (χ1n) is 7.55. The molecule has 0 radical (unpaired) electrons. The fraction of sp³-hybridized carbons (Fsp3) is 0.235. The number of sulfonamides is 1. The van der Waals surface area contributed by atoms with Gasteiger partial charge in [-0.05, 0) is 55.7 Å². The first-order chi connectivity index (χ1) is 11.3. The summed E-state index contributed by atoms with van der Waals surface area (Å²) in [6.45, 7) is 1.75. The lowest BCUT2D eigenvalue weighted by molar-refractivity contribution is 0.102. The van der Waals surface area contributed by atoms with Gasteiger partial charge in [0, 0.05) is 11.6 Å². The van der Waals surface area contributed by atoms with Crippen molar-refractivity contribution in [2.45, 2.75) is 30.7 Å². The number of hydrogen-bond acceptors (Lipinski definition) is 3. The molecule has 0 unspecified atom stereocenters. The normalized spacial score (nSPS) is 14.4. The van der Waals surface area contributed by atoms with Crippen LogP contribution in [0.5, 0.6) is 0 Å². The summed E-state index contributed by atoms with van der Waals surface area (Å²) in [4.78, 5) is 12.3. The third-order valence-corrected chi connectivity index (χ3v) is 5.20. The molecule has 0 aliphatic heterocycles. The van der Waals surface area contributed by atoms with Gasteiger partial charge in [0.05, 0.1) is 10.6 Å². The van der Waals surface area contributed by atoms with E-state index in [4.69, 9.17) is 0 Å². The van der Waals surface area contributed by atoms with Crippen LogP contribution in [-0.4, -0.2) is 20.4 Å². The van der Waals surface area contributed by atoms with Crippen molar-refractivity contribution in [3.8, 4) is 0 Å². The number of aryl methyl sites for hydroxylation is 1. The third-order valence-electron chi connectivity index (χ3n) is 3.68. The Morgan fingerprint density at radius 1 is 1.17 bits per heavy atom. The standard InChI is InChI=1S/C17H17FN2O3S/c1-11-5-8-16(15(18)9-11)19-17(21)12-3-2-4-14(10-12)24(22,23)20-13-6-7-13/h2-5,8-10,13,20H,6-7H2,1H3,(H,19,21). The van der Waals surface area contributed by atoms with E-state index >= 15 is 0 Å². The van der Waals surface area contributed by atoms with E-state index in [1.165, 1.54) is 36.4 Å². The van der Waals surface area contributed by atoms with Gasteiger partial charge in [0.15, 0.2) is 0 Å². The predicted octanol–water partition coefficient (Wildman–Crippen LogP) is 2.83. The van der Waals surface area contributed by atoms with Crippen LogP contribution in [0.25, 0.3) is 0 Å². The van der Waals surface area contributed by atoms with Gasteiger partial charge >= 0.3 is 0 Å². The van der Waals surface area contributed by atoms with Crippen molar-refractivity contribution in [1.29, 1.82) is 0 Å². The molecule has 2 aromatic carbocycles. The van der Waals surface area contributed by atoms with E-state index in [9.17, 15) is 17.6 Å². The molecule has 2 N–H and O–H groups in total. The SMILES string of the molecule is Cc1ccc(NC(=O)c2cccc(S(=O)(=O)NC3CC3)c2)c(F)c1. The maximum atomic E-state index is 13.8. The van der Waals surface area contributed by atoms with Gasteiger partial charge in [-0.15, -0.1) is 0 Å². The molecule has 3 rings (SSSR count). The lowest BCUT2D eigenvalue weighted by Gasteiger charge is -2.09. The summed E-state index contributed by atoms with van der Waals surface area (Å²) in [5.41, 5.74) is 0.938. The van der Waals surface area contributed by atoms with Crippen molar-refractivity contribution >= 4 is 21.6 Å². The van der Waals surface area contributed by atoms with E-state index in [1.807, 2.05) is 0 Å². The molecular weight excluding hydrogens is 331 g/mol. The Bertz CT molecular complexity index is 892. The summed E-state index contributed by atoms with van der Waals surface area (Å²) in [5, 5.41) is 2.46. The smallest absolute Gasteiger partial charge is 0.255 e. The van der Waals surface area contributed by atoms with Crippen LogP contribution < -0.4 is 10.0 Å². The highest BCUT2D eigenvalue weighted by molar-refractivity contribution is 7.89. The Hall–Kier alpha value is -2.25. The van der Waals surface area contributed by atoms with Gasteiger partial charge in [-0.3, -0.25) is 4.79 Å². The lowest BCUT2D eigenvalue weighted by Crippen LogP contribution is -2.26. The monoisotopic (exact) mass is 348 g/mol. The second-order valence-electron chi connectivity index (χ2n) is 5.86. The average molecular weight is 348 g/mol. The van der Waals surface area contributed by atoms with Crippen molar-refractivity contribution in [2.24, 2.45) is 0 Å². The molecule has 1 fully saturated rings. The Kier molecular flexibility index (Phi) is 4.38. The third kappa shape index (κ3) is 3.80. The van der Waals surface area contributed by atoms with Crippen LogP contribution in [0.4, 0.5) is 10.1 Å². The molecule has 1 aliphatic carbocycles. The molecule has 1 aliphatic rings.